The summed E-state index contributed by atoms with van der Waals surface area (Å²) in [6, 6.07) is 13.9. The van der Waals surface area contributed by atoms with Crippen LogP contribution in [-0.4, -0.2) is 70.1 Å². The molecule has 4 N–H and O–H groups in total. The molecule has 2 amide bonds. The van der Waals surface area contributed by atoms with Crippen molar-refractivity contribution in [1.29, 1.82) is 0 Å². The predicted octanol–water partition coefficient (Wildman–Crippen LogP) is 0.206. The van der Waals surface area contributed by atoms with Gasteiger partial charge in [0.05, 0.1) is 18.8 Å². The van der Waals surface area contributed by atoms with Gasteiger partial charge in [-0.15, -0.1) is 0 Å². The summed E-state index contributed by atoms with van der Waals surface area (Å²) in [6.45, 7) is 2.87. The van der Waals surface area contributed by atoms with Gasteiger partial charge in [-0.05, 0) is 24.6 Å². The first kappa shape index (κ1) is 23.8. The SMILES string of the molecule is CC(=O)NC1C(ON=C2C(=O)N(Cc3ccccc3)c3ccc(C)cc32)OC(CO)C(O)C1O. The Morgan fingerprint density at radius 2 is 1.91 bits per heavy atom. The number of aliphatic hydroxyl groups excluding tert-OH is 3. The molecular weight excluding hydrogens is 442 g/mol. The van der Waals surface area contributed by atoms with E-state index in [1.165, 1.54) is 6.92 Å². The lowest BCUT2D eigenvalue weighted by molar-refractivity contribution is -0.270. The van der Waals surface area contributed by atoms with Gasteiger partial charge in [0.1, 0.15) is 24.4 Å². The highest BCUT2D eigenvalue weighted by Gasteiger charge is 2.46. The summed E-state index contributed by atoms with van der Waals surface area (Å²) >= 11 is 0. The van der Waals surface area contributed by atoms with E-state index in [2.05, 4.69) is 10.5 Å². The minimum Gasteiger partial charge on any atom is -0.394 e. The van der Waals surface area contributed by atoms with Crippen LogP contribution >= 0.6 is 0 Å². The van der Waals surface area contributed by atoms with Crippen LogP contribution in [-0.2, 0) is 25.7 Å². The minimum atomic E-state index is -1.48. The number of aliphatic hydroxyl groups is 3. The monoisotopic (exact) mass is 469 g/mol. The number of nitrogens with zero attached hydrogens (tertiary/aromatic N) is 2. The lowest BCUT2D eigenvalue weighted by Crippen LogP contribution is -2.64. The predicted molar refractivity (Wildman–Crippen MR) is 122 cm³/mol. The Morgan fingerprint density at radius 3 is 2.59 bits per heavy atom. The normalized spacial score (nSPS) is 27.6. The number of aryl methyl sites for hydroxylation is 1. The number of hydrogen-bond acceptors (Lipinski definition) is 8. The van der Waals surface area contributed by atoms with E-state index in [0.717, 1.165) is 11.1 Å². The number of benzene rings is 2. The number of nitrogens with one attached hydrogen (secondary N) is 1. The third kappa shape index (κ3) is 4.66. The molecule has 2 aromatic rings. The van der Waals surface area contributed by atoms with Crippen LogP contribution in [0.2, 0.25) is 0 Å². The van der Waals surface area contributed by atoms with Crippen molar-refractivity contribution in [1.82, 2.24) is 5.32 Å². The molecule has 10 heteroatoms. The Hall–Kier alpha value is -3.31. The topological polar surface area (TPSA) is 141 Å². The van der Waals surface area contributed by atoms with Crippen molar-refractivity contribution < 1.29 is 34.5 Å². The molecule has 34 heavy (non-hydrogen) atoms. The second-order valence-electron chi connectivity index (χ2n) is 8.38. The summed E-state index contributed by atoms with van der Waals surface area (Å²) in [6.07, 6.45) is -5.44. The zero-order chi connectivity index (χ0) is 24.4. The number of hydrogen-bond donors (Lipinski definition) is 4. The quantitative estimate of drug-likeness (QED) is 0.443. The molecule has 5 unspecified atom stereocenters. The van der Waals surface area contributed by atoms with Gasteiger partial charge in [-0.1, -0.05) is 47.1 Å². The van der Waals surface area contributed by atoms with Crippen molar-refractivity contribution in [2.75, 3.05) is 11.5 Å². The summed E-state index contributed by atoms with van der Waals surface area (Å²) in [4.78, 5) is 32.1. The molecule has 0 aromatic heterocycles. The van der Waals surface area contributed by atoms with Crippen LogP contribution < -0.4 is 10.2 Å². The third-order valence-corrected chi connectivity index (χ3v) is 5.83. The van der Waals surface area contributed by atoms with E-state index in [0.29, 0.717) is 17.8 Å². The highest BCUT2D eigenvalue weighted by molar-refractivity contribution is 6.54. The van der Waals surface area contributed by atoms with Crippen LogP contribution in [0.15, 0.2) is 53.7 Å². The maximum Gasteiger partial charge on any atom is 0.281 e. The van der Waals surface area contributed by atoms with Gasteiger partial charge >= 0.3 is 0 Å². The van der Waals surface area contributed by atoms with Crippen LogP contribution in [0.4, 0.5) is 5.69 Å². The summed E-state index contributed by atoms with van der Waals surface area (Å²) in [7, 11) is 0. The van der Waals surface area contributed by atoms with Crippen LogP contribution in [0.25, 0.3) is 0 Å². The first-order chi connectivity index (χ1) is 16.3. The number of amides is 2. The molecule has 0 aliphatic carbocycles. The molecule has 1 saturated heterocycles. The zero-order valence-corrected chi connectivity index (χ0v) is 18.8. The summed E-state index contributed by atoms with van der Waals surface area (Å²) in [5, 5.41) is 36.6. The van der Waals surface area contributed by atoms with E-state index < -0.39 is 43.2 Å². The number of oxime groups is 1. The standard InChI is InChI=1S/C24H27N3O7/c1-13-8-9-17-16(10-13)19(23(32)27(17)11-15-6-4-3-5-7-15)26-34-24-20(25-14(2)29)22(31)21(30)18(12-28)33-24/h3-10,18,20-22,24,28,30-31H,11-12H2,1-2H3,(H,25,29). The smallest absolute Gasteiger partial charge is 0.281 e. The first-order valence-electron chi connectivity index (χ1n) is 10.9. The molecular formula is C24H27N3O7. The van der Waals surface area contributed by atoms with Crippen molar-refractivity contribution in [2.45, 2.75) is 51.0 Å². The number of ether oxygens (including phenoxy) is 1. The summed E-state index contributed by atoms with van der Waals surface area (Å²) in [5.74, 6) is -0.869. The van der Waals surface area contributed by atoms with Gasteiger partial charge < -0.3 is 35.1 Å². The Morgan fingerprint density at radius 1 is 1.18 bits per heavy atom. The molecule has 180 valence electrons. The minimum absolute atomic E-state index is 0.0426. The molecule has 5 atom stereocenters. The molecule has 0 saturated carbocycles. The summed E-state index contributed by atoms with van der Waals surface area (Å²) in [5.41, 5.74) is 3.15. The van der Waals surface area contributed by atoms with Gasteiger partial charge in [-0.25, -0.2) is 0 Å². The maximum atomic E-state index is 13.3. The average molecular weight is 469 g/mol. The van der Waals surface area contributed by atoms with Crippen molar-refractivity contribution >= 4 is 23.2 Å². The highest BCUT2D eigenvalue weighted by Crippen LogP contribution is 2.32. The number of carbonyl (C=O) groups is 2. The number of carbonyl (C=O) groups excluding carboxylic acids is 2. The van der Waals surface area contributed by atoms with E-state index in [9.17, 15) is 24.9 Å². The lowest BCUT2D eigenvalue weighted by atomic mass is 9.97. The second kappa shape index (κ2) is 9.90. The van der Waals surface area contributed by atoms with Gasteiger partial charge in [0, 0.05) is 12.5 Å². The Bertz CT molecular complexity index is 1090. The van der Waals surface area contributed by atoms with Gasteiger partial charge in [-0.3, -0.25) is 9.59 Å². The molecule has 2 aliphatic heterocycles. The average Bonchev–Trinajstić information content (AvgIpc) is 3.07. The van der Waals surface area contributed by atoms with Crippen molar-refractivity contribution in [3.05, 3.63) is 65.2 Å². The van der Waals surface area contributed by atoms with Crippen LogP contribution in [0.1, 0.15) is 23.6 Å². The van der Waals surface area contributed by atoms with E-state index >= 15 is 0 Å². The Balaban J connectivity index is 1.64. The zero-order valence-electron chi connectivity index (χ0n) is 18.8. The van der Waals surface area contributed by atoms with Crippen LogP contribution in [0, 0.1) is 6.92 Å². The van der Waals surface area contributed by atoms with E-state index in [-0.39, 0.29) is 11.6 Å². The molecule has 10 nitrogen and oxygen atoms in total. The molecule has 2 heterocycles. The molecule has 1 fully saturated rings. The van der Waals surface area contributed by atoms with Gasteiger partial charge in [0.15, 0.2) is 5.71 Å². The van der Waals surface area contributed by atoms with Gasteiger partial charge in [-0.2, -0.15) is 0 Å². The molecule has 0 spiro atoms. The van der Waals surface area contributed by atoms with E-state index in [1.54, 1.807) is 4.90 Å². The first-order valence-corrected chi connectivity index (χ1v) is 10.9. The summed E-state index contributed by atoms with van der Waals surface area (Å²) < 4.78 is 5.53. The fourth-order valence-electron chi connectivity index (χ4n) is 4.10. The molecule has 2 aliphatic rings. The van der Waals surface area contributed by atoms with Crippen LogP contribution in [0.5, 0.6) is 0 Å². The van der Waals surface area contributed by atoms with Crippen LogP contribution in [0.3, 0.4) is 0 Å². The fraction of sp³-hybridized carbons (Fsp3) is 0.375. The van der Waals surface area contributed by atoms with Crippen molar-refractivity contribution in [3.8, 4) is 0 Å². The molecule has 4 rings (SSSR count). The Kier molecular flexibility index (Phi) is 6.94. The number of fused-ring (bicyclic) bond motifs is 1. The largest absolute Gasteiger partial charge is 0.394 e. The number of anilines is 1. The second-order valence-corrected chi connectivity index (χ2v) is 8.38. The van der Waals surface area contributed by atoms with E-state index in [4.69, 9.17) is 9.57 Å². The fourth-order valence-corrected chi connectivity index (χ4v) is 4.10. The molecule has 0 radical (unpaired) electrons. The van der Waals surface area contributed by atoms with Crippen molar-refractivity contribution in [2.24, 2.45) is 5.16 Å². The van der Waals surface area contributed by atoms with Gasteiger partial charge in [0.2, 0.25) is 12.2 Å². The Labute approximate surface area is 196 Å². The highest BCUT2D eigenvalue weighted by atomic mass is 16.8. The van der Waals surface area contributed by atoms with E-state index in [1.807, 2.05) is 55.5 Å². The molecule has 0 bridgehead atoms. The van der Waals surface area contributed by atoms with Gasteiger partial charge in [0.25, 0.3) is 5.91 Å². The van der Waals surface area contributed by atoms with Crippen molar-refractivity contribution in [3.63, 3.8) is 0 Å². The third-order valence-electron chi connectivity index (χ3n) is 5.83. The lowest BCUT2D eigenvalue weighted by Gasteiger charge is -2.40. The number of rotatable bonds is 6. The molecule has 2 aromatic carbocycles. The maximum absolute atomic E-state index is 13.3.